The highest BCUT2D eigenvalue weighted by Crippen LogP contribution is 2.30. The highest BCUT2D eigenvalue weighted by atomic mass is 79.9. The van der Waals surface area contributed by atoms with Gasteiger partial charge in [-0.1, -0.05) is 34.1 Å². The maximum atomic E-state index is 12.1. The Morgan fingerprint density at radius 1 is 1.50 bits per heavy atom. The number of nitrogens with one attached hydrogen (secondary N) is 1. The minimum absolute atomic E-state index is 0. The second kappa shape index (κ2) is 9.50. The third-order valence-corrected chi connectivity index (χ3v) is 4.89. The highest BCUT2D eigenvalue weighted by Gasteiger charge is 2.28. The monoisotopic (exact) mass is 389 g/mol. The molecule has 0 radical (unpaired) electrons. The summed E-state index contributed by atoms with van der Waals surface area (Å²) in [6.45, 7) is 5.13. The minimum Gasteiger partial charge on any atom is -0.355 e. The van der Waals surface area contributed by atoms with Crippen molar-refractivity contribution in [3.05, 3.63) is 34.3 Å². The van der Waals surface area contributed by atoms with Gasteiger partial charge in [-0.25, -0.2) is 0 Å². The Morgan fingerprint density at radius 3 is 2.91 bits per heavy atom. The van der Waals surface area contributed by atoms with Crippen LogP contribution in [-0.2, 0) is 4.79 Å². The quantitative estimate of drug-likeness (QED) is 0.813. The molecule has 1 aromatic rings. The van der Waals surface area contributed by atoms with Crippen molar-refractivity contribution >= 4 is 34.2 Å². The predicted octanol–water partition coefficient (Wildman–Crippen LogP) is 2.72. The van der Waals surface area contributed by atoms with E-state index in [1.807, 2.05) is 6.07 Å². The third-order valence-electron chi connectivity index (χ3n) is 4.17. The number of rotatable bonds is 5. The molecule has 1 aliphatic heterocycles. The average Bonchev–Trinajstić information content (AvgIpc) is 2.52. The normalized spacial score (nSPS) is 20.0. The van der Waals surface area contributed by atoms with Crippen molar-refractivity contribution < 1.29 is 4.79 Å². The Bertz CT molecular complexity index is 486. The van der Waals surface area contributed by atoms with Gasteiger partial charge < -0.3 is 11.1 Å². The third kappa shape index (κ3) is 4.95. The number of likely N-dealkylation sites (tertiary alicyclic amines) is 1. The fourth-order valence-electron chi connectivity index (χ4n) is 2.92. The van der Waals surface area contributed by atoms with Crippen molar-refractivity contribution in [1.29, 1.82) is 0 Å². The van der Waals surface area contributed by atoms with Gasteiger partial charge in [0.05, 0.1) is 5.92 Å². The summed E-state index contributed by atoms with van der Waals surface area (Å²) in [7, 11) is 0. The van der Waals surface area contributed by atoms with Crippen LogP contribution in [0.2, 0.25) is 0 Å². The lowest BCUT2D eigenvalue weighted by Crippen LogP contribution is -2.44. The molecule has 1 fully saturated rings. The molecule has 1 amide bonds. The molecule has 0 aliphatic carbocycles. The predicted molar refractivity (Wildman–Crippen MR) is 96.2 cm³/mol. The van der Waals surface area contributed by atoms with Crippen molar-refractivity contribution in [3.8, 4) is 0 Å². The van der Waals surface area contributed by atoms with Crippen LogP contribution >= 0.6 is 28.3 Å². The molecule has 6 heteroatoms. The number of carbonyl (C=O) groups excluding carboxylic acids is 1. The maximum absolute atomic E-state index is 12.1. The van der Waals surface area contributed by atoms with Crippen LogP contribution in [0.15, 0.2) is 28.7 Å². The lowest BCUT2D eigenvalue weighted by atomic mass is 9.94. The fourth-order valence-corrected chi connectivity index (χ4v) is 3.54. The molecule has 124 valence electrons. The Morgan fingerprint density at radius 2 is 2.23 bits per heavy atom. The van der Waals surface area contributed by atoms with Crippen LogP contribution in [-0.4, -0.2) is 37.0 Å². The van der Waals surface area contributed by atoms with E-state index in [-0.39, 0.29) is 24.2 Å². The molecule has 1 heterocycles. The molecule has 2 atom stereocenters. The minimum atomic E-state index is 0. The molecule has 1 aromatic carbocycles. The summed E-state index contributed by atoms with van der Waals surface area (Å²) in [5, 5.41) is 2.91. The first-order valence-electron chi connectivity index (χ1n) is 7.59. The van der Waals surface area contributed by atoms with E-state index in [4.69, 9.17) is 5.73 Å². The summed E-state index contributed by atoms with van der Waals surface area (Å²) in [5.41, 5.74) is 6.72. The molecule has 22 heavy (non-hydrogen) atoms. The Hall–Kier alpha value is -0.620. The van der Waals surface area contributed by atoms with Crippen molar-refractivity contribution in [2.24, 2.45) is 11.7 Å². The van der Waals surface area contributed by atoms with Crippen LogP contribution in [0.5, 0.6) is 0 Å². The standard InChI is InChI=1S/C16H24BrN3O.ClH/c1-12(14-6-2-3-7-15(14)17)20-10-4-5-13(11-20)16(21)19-9-8-18;/h2-3,6-7,12-13H,4-5,8-11,18H2,1H3,(H,19,21);1H. The first-order chi connectivity index (χ1) is 10.1. The molecule has 4 nitrogen and oxygen atoms in total. The molecule has 0 aromatic heterocycles. The lowest BCUT2D eigenvalue weighted by molar-refractivity contribution is -0.126. The SMILES string of the molecule is CC(c1ccccc1Br)N1CCCC(C(=O)NCCN)C1.Cl. The van der Waals surface area contributed by atoms with Crippen LogP contribution in [0.25, 0.3) is 0 Å². The number of benzene rings is 1. The molecule has 0 bridgehead atoms. The molecule has 0 spiro atoms. The maximum Gasteiger partial charge on any atom is 0.224 e. The smallest absolute Gasteiger partial charge is 0.224 e. The Balaban J connectivity index is 0.00000242. The van der Waals surface area contributed by atoms with Gasteiger partial charge >= 0.3 is 0 Å². The number of carbonyl (C=O) groups is 1. The molecule has 3 N–H and O–H groups in total. The van der Waals surface area contributed by atoms with Crippen molar-refractivity contribution in [1.82, 2.24) is 10.2 Å². The number of halogens is 2. The van der Waals surface area contributed by atoms with Crippen LogP contribution in [0, 0.1) is 5.92 Å². The number of hydrogen-bond acceptors (Lipinski definition) is 3. The van der Waals surface area contributed by atoms with E-state index in [2.05, 4.69) is 51.3 Å². The molecule has 0 saturated carbocycles. The zero-order valence-corrected chi connectivity index (χ0v) is 15.3. The van der Waals surface area contributed by atoms with Crippen molar-refractivity contribution in [2.45, 2.75) is 25.8 Å². The summed E-state index contributed by atoms with van der Waals surface area (Å²) in [6, 6.07) is 8.62. The van der Waals surface area contributed by atoms with E-state index in [9.17, 15) is 4.79 Å². The largest absolute Gasteiger partial charge is 0.355 e. The van der Waals surface area contributed by atoms with Gasteiger partial charge in [-0.3, -0.25) is 9.69 Å². The summed E-state index contributed by atoms with van der Waals surface area (Å²) in [5.74, 6) is 0.222. The number of piperidine rings is 1. The molecular formula is C16H25BrClN3O. The van der Waals surface area contributed by atoms with Gasteiger partial charge in [0.1, 0.15) is 0 Å². The van der Waals surface area contributed by atoms with Crippen molar-refractivity contribution in [2.75, 3.05) is 26.2 Å². The van der Waals surface area contributed by atoms with Gasteiger partial charge in [-0.05, 0) is 37.9 Å². The van der Waals surface area contributed by atoms with Crippen LogP contribution in [0.4, 0.5) is 0 Å². The second-order valence-corrected chi connectivity index (χ2v) is 6.47. The van der Waals surface area contributed by atoms with Crippen LogP contribution in [0.1, 0.15) is 31.4 Å². The highest BCUT2D eigenvalue weighted by molar-refractivity contribution is 9.10. The van der Waals surface area contributed by atoms with E-state index < -0.39 is 0 Å². The number of hydrogen-bond donors (Lipinski definition) is 2. The zero-order chi connectivity index (χ0) is 15.2. The van der Waals surface area contributed by atoms with Gasteiger partial charge in [0, 0.05) is 30.1 Å². The van der Waals surface area contributed by atoms with Crippen LogP contribution < -0.4 is 11.1 Å². The molecule has 2 unspecified atom stereocenters. The first kappa shape index (κ1) is 19.4. The topological polar surface area (TPSA) is 58.4 Å². The van der Waals surface area contributed by atoms with Gasteiger partial charge in [0.15, 0.2) is 0 Å². The van der Waals surface area contributed by atoms with Gasteiger partial charge in [0.25, 0.3) is 0 Å². The molecular weight excluding hydrogens is 366 g/mol. The number of amides is 1. The second-order valence-electron chi connectivity index (χ2n) is 5.61. The van der Waals surface area contributed by atoms with E-state index in [0.717, 1.165) is 30.4 Å². The van der Waals surface area contributed by atoms with Crippen LogP contribution in [0.3, 0.4) is 0 Å². The summed E-state index contributed by atoms with van der Waals surface area (Å²) in [6.07, 6.45) is 2.03. The fraction of sp³-hybridized carbons (Fsp3) is 0.562. The number of nitrogens with zero attached hydrogens (tertiary/aromatic N) is 1. The van der Waals surface area contributed by atoms with Gasteiger partial charge in [-0.15, -0.1) is 12.4 Å². The Labute approximate surface area is 147 Å². The molecule has 1 saturated heterocycles. The molecule has 1 aliphatic rings. The van der Waals surface area contributed by atoms with Crippen molar-refractivity contribution in [3.63, 3.8) is 0 Å². The van der Waals surface area contributed by atoms with Gasteiger partial charge in [0.2, 0.25) is 5.91 Å². The van der Waals surface area contributed by atoms with E-state index in [1.165, 1.54) is 5.56 Å². The van der Waals surface area contributed by atoms with E-state index in [0.29, 0.717) is 19.1 Å². The summed E-state index contributed by atoms with van der Waals surface area (Å²) in [4.78, 5) is 14.5. The summed E-state index contributed by atoms with van der Waals surface area (Å²) >= 11 is 3.62. The molecule has 2 rings (SSSR count). The first-order valence-corrected chi connectivity index (χ1v) is 8.39. The van der Waals surface area contributed by atoms with E-state index in [1.54, 1.807) is 0 Å². The average molecular weight is 391 g/mol. The Kier molecular flexibility index (Phi) is 8.39. The summed E-state index contributed by atoms with van der Waals surface area (Å²) < 4.78 is 1.13. The zero-order valence-electron chi connectivity index (χ0n) is 12.9. The number of nitrogens with two attached hydrogens (primary N) is 1. The van der Waals surface area contributed by atoms with E-state index >= 15 is 0 Å². The van der Waals surface area contributed by atoms with Gasteiger partial charge in [-0.2, -0.15) is 0 Å². The lowest BCUT2D eigenvalue weighted by Gasteiger charge is -2.36.